The van der Waals surface area contributed by atoms with Crippen molar-refractivity contribution in [2.75, 3.05) is 26.2 Å². The van der Waals surface area contributed by atoms with Gasteiger partial charge in [0.25, 0.3) is 5.91 Å². The predicted octanol–water partition coefficient (Wildman–Crippen LogP) is -0.236. The monoisotopic (exact) mass is 194 g/mol. The first-order chi connectivity index (χ1) is 6.79. The summed E-state index contributed by atoms with van der Waals surface area (Å²) in [6.45, 7) is 5.19. The minimum Gasteiger partial charge on any atom is -0.335 e. The first kappa shape index (κ1) is 9.21. The molecular weight excluding hydrogens is 180 g/mol. The largest absolute Gasteiger partial charge is 0.335 e. The van der Waals surface area contributed by atoms with Crippen LogP contribution >= 0.6 is 0 Å². The molecule has 76 valence electrons. The molecule has 0 spiro atoms. The summed E-state index contributed by atoms with van der Waals surface area (Å²) in [4.78, 5) is 13.8. The zero-order valence-electron chi connectivity index (χ0n) is 8.21. The van der Waals surface area contributed by atoms with Gasteiger partial charge in [0, 0.05) is 26.2 Å². The van der Waals surface area contributed by atoms with E-state index in [-0.39, 0.29) is 5.91 Å². The lowest BCUT2D eigenvalue weighted by Gasteiger charge is -2.27. The molecule has 0 saturated carbocycles. The molecule has 1 fully saturated rings. The molecule has 1 saturated heterocycles. The number of piperazine rings is 1. The van der Waals surface area contributed by atoms with Crippen LogP contribution in [-0.4, -0.2) is 47.2 Å². The van der Waals surface area contributed by atoms with Crippen molar-refractivity contribution in [2.24, 2.45) is 0 Å². The van der Waals surface area contributed by atoms with Crippen LogP contribution in [0.25, 0.3) is 0 Å². The van der Waals surface area contributed by atoms with Crippen LogP contribution in [0, 0.1) is 6.92 Å². The van der Waals surface area contributed by atoms with E-state index in [2.05, 4.69) is 15.5 Å². The number of rotatable bonds is 1. The van der Waals surface area contributed by atoms with Crippen molar-refractivity contribution in [2.45, 2.75) is 6.92 Å². The quantitative estimate of drug-likeness (QED) is 0.649. The van der Waals surface area contributed by atoms with Gasteiger partial charge in [-0.1, -0.05) is 0 Å². The van der Waals surface area contributed by atoms with Crippen LogP contribution in [0.5, 0.6) is 0 Å². The summed E-state index contributed by atoms with van der Waals surface area (Å²) in [7, 11) is 0. The molecule has 2 rings (SSSR count). The summed E-state index contributed by atoms with van der Waals surface area (Å²) >= 11 is 0. The van der Waals surface area contributed by atoms with Gasteiger partial charge < -0.3 is 10.2 Å². The number of aryl methyl sites for hydroxylation is 1. The molecule has 1 aliphatic heterocycles. The average molecular weight is 194 g/mol. The number of H-pyrrole nitrogens is 1. The molecule has 1 aliphatic rings. The molecule has 0 bridgehead atoms. The van der Waals surface area contributed by atoms with Gasteiger partial charge in [0.15, 0.2) is 0 Å². The van der Waals surface area contributed by atoms with E-state index in [9.17, 15) is 4.79 Å². The number of nitrogens with zero attached hydrogens (tertiary/aromatic N) is 2. The van der Waals surface area contributed by atoms with E-state index >= 15 is 0 Å². The summed E-state index contributed by atoms with van der Waals surface area (Å²) in [5, 5.41) is 9.80. The third kappa shape index (κ3) is 1.63. The van der Waals surface area contributed by atoms with Crippen LogP contribution in [-0.2, 0) is 0 Å². The summed E-state index contributed by atoms with van der Waals surface area (Å²) in [5.41, 5.74) is 1.53. The second-order valence-corrected chi connectivity index (χ2v) is 3.47. The van der Waals surface area contributed by atoms with E-state index in [1.165, 1.54) is 0 Å². The third-order valence-corrected chi connectivity index (χ3v) is 2.45. The second kappa shape index (κ2) is 3.79. The molecule has 1 aromatic rings. The molecule has 5 nitrogen and oxygen atoms in total. The topological polar surface area (TPSA) is 61.0 Å². The van der Waals surface area contributed by atoms with E-state index < -0.39 is 0 Å². The second-order valence-electron chi connectivity index (χ2n) is 3.47. The van der Waals surface area contributed by atoms with E-state index in [4.69, 9.17) is 0 Å². The number of carbonyl (C=O) groups is 1. The molecule has 0 aromatic carbocycles. The smallest absolute Gasteiger partial charge is 0.272 e. The van der Waals surface area contributed by atoms with Crippen LogP contribution < -0.4 is 5.32 Å². The fourth-order valence-electron chi connectivity index (χ4n) is 1.59. The van der Waals surface area contributed by atoms with Gasteiger partial charge in [-0.25, -0.2) is 0 Å². The molecule has 0 unspecified atom stereocenters. The summed E-state index contributed by atoms with van der Waals surface area (Å²) in [6, 6.07) is 0. The van der Waals surface area contributed by atoms with Crippen LogP contribution in [0.15, 0.2) is 6.20 Å². The minimum atomic E-state index is 0.0569. The minimum absolute atomic E-state index is 0.0569. The first-order valence-corrected chi connectivity index (χ1v) is 4.79. The summed E-state index contributed by atoms with van der Waals surface area (Å²) < 4.78 is 0. The van der Waals surface area contributed by atoms with Crippen molar-refractivity contribution in [3.8, 4) is 0 Å². The van der Waals surface area contributed by atoms with Gasteiger partial charge in [0.1, 0.15) is 5.69 Å². The number of amides is 1. The molecule has 2 N–H and O–H groups in total. The highest BCUT2D eigenvalue weighted by Gasteiger charge is 2.20. The molecule has 1 amide bonds. The Hall–Kier alpha value is -1.36. The Labute approximate surface area is 82.5 Å². The van der Waals surface area contributed by atoms with E-state index in [0.717, 1.165) is 31.7 Å². The van der Waals surface area contributed by atoms with Crippen molar-refractivity contribution in [3.05, 3.63) is 17.5 Å². The number of nitrogens with one attached hydrogen (secondary N) is 2. The fourth-order valence-corrected chi connectivity index (χ4v) is 1.59. The molecular formula is C9H14N4O. The Balaban J connectivity index is 2.11. The molecule has 0 aliphatic carbocycles. The zero-order chi connectivity index (χ0) is 9.97. The maximum atomic E-state index is 11.9. The predicted molar refractivity (Wildman–Crippen MR) is 52.1 cm³/mol. The van der Waals surface area contributed by atoms with Crippen molar-refractivity contribution in [1.29, 1.82) is 0 Å². The van der Waals surface area contributed by atoms with Gasteiger partial charge in [-0.15, -0.1) is 0 Å². The van der Waals surface area contributed by atoms with Gasteiger partial charge in [0.05, 0.1) is 6.20 Å². The maximum Gasteiger partial charge on any atom is 0.272 e. The molecule has 1 aromatic heterocycles. The fraction of sp³-hybridized carbons (Fsp3) is 0.556. The van der Waals surface area contributed by atoms with Crippen LogP contribution in [0.2, 0.25) is 0 Å². The van der Waals surface area contributed by atoms with E-state index in [1.807, 2.05) is 11.8 Å². The van der Waals surface area contributed by atoms with Gasteiger partial charge in [0.2, 0.25) is 0 Å². The highest BCUT2D eigenvalue weighted by molar-refractivity contribution is 5.93. The third-order valence-electron chi connectivity index (χ3n) is 2.45. The standard InChI is InChI=1S/C9H14N4O/c1-7-6-11-12-8(7)9(14)13-4-2-10-3-5-13/h6,10H,2-5H2,1H3,(H,11,12). The van der Waals surface area contributed by atoms with E-state index in [0.29, 0.717) is 5.69 Å². The van der Waals surface area contributed by atoms with Crippen molar-refractivity contribution in [3.63, 3.8) is 0 Å². The summed E-state index contributed by atoms with van der Waals surface area (Å²) in [6.07, 6.45) is 1.68. The molecule has 0 radical (unpaired) electrons. The average Bonchev–Trinajstić information content (AvgIpc) is 2.65. The Morgan fingerprint density at radius 2 is 2.21 bits per heavy atom. The maximum absolute atomic E-state index is 11.9. The van der Waals surface area contributed by atoms with Gasteiger partial charge in [-0.3, -0.25) is 9.89 Å². The van der Waals surface area contributed by atoms with Crippen molar-refractivity contribution >= 4 is 5.91 Å². The molecule has 14 heavy (non-hydrogen) atoms. The van der Waals surface area contributed by atoms with Gasteiger partial charge >= 0.3 is 0 Å². The highest BCUT2D eigenvalue weighted by Crippen LogP contribution is 2.07. The SMILES string of the molecule is Cc1cn[nH]c1C(=O)N1CCNCC1. The lowest BCUT2D eigenvalue weighted by Crippen LogP contribution is -2.46. The van der Waals surface area contributed by atoms with Crippen LogP contribution in [0.3, 0.4) is 0 Å². The lowest BCUT2D eigenvalue weighted by molar-refractivity contribution is 0.0729. The molecule has 2 heterocycles. The Kier molecular flexibility index (Phi) is 2.49. The Morgan fingerprint density at radius 3 is 2.79 bits per heavy atom. The van der Waals surface area contributed by atoms with Gasteiger partial charge in [-0.2, -0.15) is 5.10 Å². The highest BCUT2D eigenvalue weighted by atomic mass is 16.2. The first-order valence-electron chi connectivity index (χ1n) is 4.79. The normalized spacial score (nSPS) is 17.1. The lowest BCUT2D eigenvalue weighted by atomic mass is 10.2. The van der Waals surface area contributed by atoms with Gasteiger partial charge in [-0.05, 0) is 12.5 Å². The number of aromatic amines is 1. The number of hydrogen-bond acceptors (Lipinski definition) is 3. The summed E-state index contributed by atoms with van der Waals surface area (Å²) in [5.74, 6) is 0.0569. The van der Waals surface area contributed by atoms with Crippen LogP contribution in [0.4, 0.5) is 0 Å². The van der Waals surface area contributed by atoms with Crippen LogP contribution in [0.1, 0.15) is 16.1 Å². The Morgan fingerprint density at radius 1 is 1.50 bits per heavy atom. The zero-order valence-corrected chi connectivity index (χ0v) is 8.21. The van der Waals surface area contributed by atoms with Crippen molar-refractivity contribution in [1.82, 2.24) is 20.4 Å². The Bertz CT molecular complexity index is 327. The number of aromatic nitrogens is 2. The molecule has 0 atom stereocenters. The number of carbonyl (C=O) groups excluding carboxylic acids is 1. The number of hydrogen-bond donors (Lipinski definition) is 2. The molecule has 5 heteroatoms. The van der Waals surface area contributed by atoms with E-state index in [1.54, 1.807) is 6.20 Å². The van der Waals surface area contributed by atoms with Crippen molar-refractivity contribution < 1.29 is 4.79 Å².